The molecule has 21 heavy (non-hydrogen) atoms. The Labute approximate surface area is 125 Å². The Morgan fingerprint density at radius 3 is 2.76 bits per heavy atom. The Bertz CT molecular complexity index is 654. The number of aliphatic hydroxyl groups is 1. The van der Waals surface area contributed by atoms with Crippen LogP contribution >= 0.6 is 0 Å². The van der Waals surface area contributed by atoms with Gasteiger partial charge in [0.2, 0.25) is 0 Å². The van der Waals surface area contributed by atoms with E-state index in [2.05, 4.69) is 10.3 Å². The van der Waals surface area contributed by atoms with Crippen LogP contribution < -0.4 is 5.32 Å². The maximum absolute atomic E-state index is 12.6. The van der Waals surface area contributed by atoms with Crippen molar-refractivity contribution in [2.24, 2.45) is 0 Å². The number of hydrogen-bond acceptors (Lipinski definition) is 3. The highest BCUT2D eigenvalue weighted by Crippen LogP contribution is 2.20. The van der Waals surface area contributed by atoms with E-state index < -0.39 is 5.54 Å². The van der Waals surface area contributed by atoms with Gasteiger partial charge in [0.1, 0.15) is 0 Å². The molecular formula is C17H22N2O2. The Morgan fingerprint density at radius 2 is 2.10 bits per heavy atom. The summed E-state index contributed by atoms with van der Waals surface area (Å²) >= 11 is 0. The van der Waals surface area contributed by atoms with Gasteiger partial charge in [-0.05, 0) is 38.8 Å². The molecule has 0 spiro atoms. The number of carbonyl (C=O) groups excluding carboxylic acids is 1. The summed E-state index contributed by atoms with van der Waals surface area (Å²) in [6.45, 7) is 5.90. The van der Waals surface area contributed by atoms with Crippen molar-refractivity contribution in [1.29, 1.82) is 0 Å². The first-order chi connectivity index (χ1) is 9.99. The number of carbonyl (C=O) groups is 1. The second-order valence-electron chi connectivity index (χ2n) is 5.67. The summed E-state index contributed by atoms with van der Waals surface area (Å²) in [4.78, 5) is 17.1. The van der Waals surface area contributed by atoms with Gasteiger partial charge in [-0.25, -0.2) is 0 Å². The summed E-state index contributed by atoms with van der Waals surface area (Å²) in [7, 11) is 0. The molecule has 4 nitrogen and oxygen atoms in total. The third kappa shape index (κ3) is 3.39. The zero-order chi connectivity index (χ0) is 15.5. The number of pyridine rings is 1. The molecule has 0 aliphatic heterocycles. The molecule has 1 unspecified atom stereocenters. The molecule has 2 aromatic rings. The lowest BCUT2D eigenvalue weighted by molar-refractivity contribution is 0.0887. The third-order valence-electron chi connectivity index (χ3n) is 3.95. The maximum Gasteiger partial charge on any atom is 0.252 e. The zero-order valence-corrected chi connectivity index (χ0v) is 12.8. The first-order valence-electron chi connectivity index (χ1n) is 7.29. The number of rotatable bonds is 5. The van der Waals surface area contributed by atoms with E-state index in [1.54, 1.807) is 0 Å². The average Bonchev–Trinajstić information content (AvgIpc) is 2.46. The standard InChI is InChI=1S/C17H22N2O2/c1-4-17(3,9-10-20)19-16(21)14-11-12(2)18-15-8-6-5-7-13(14)15/h5-8,11,20H,4,9-10H2,1-3H3,(H,19,21). The minimum absolute atomic E-state index is 0.0563. The van der Waals surface area contributed by atoms with Gasteiger partial charge in [-0.1, -0.05) is 25.1 Å². The van der Waals surface area contributed by atoms with E-state index in [-0.39, 0.29) is 12.5 Å². The van der Waals surface area contributed by atoms with Crippen LogP contribution in [0.2, 0.25) is 0 Å². The molecule has 1 aromatic carbocycles. The van der Waals surface area contributed by atoms with Crippen LogP contribution in [-0.2, 0) is 0 Å². The Kier molecular flexibility index (Phi) is 4.58. The topological polar surface area (TPSA) is 62.2 Å². The van der Waals surface area contributed by atoms with Crippen LogP contribution in [0.3, 0.4) is 0 Å². The van der Waals surface area contributed by atoms with Crippen molar-refractivity contribution >= 4 is 16.8 Å². The number of aryl methyl sites for hydroxylation is 1. The Balaban J connectivity index is 2.39. The van der Waals surface area contributed by atoms with Gasteiger partial charge >= 0.3 is 0 Å². The van der Waals surface area contributed by atoms with Gasteiger partial charge in [0.05, 0.1) is 11.1 Å². The quantitative estimate of drug-likeness (QED) is 0.888. The van der Waals surface area contributed by atoms with Crippen LogP contribution in [0.4, 0.5) is 0 Å². The lowest BCUT2D eigenvalue weighted by atomic mass is 9.94. The monoisotopic (exact) mass is 286 g/mol. The fourth-order valence-corrected chi connectivity index (χ4v) is 2.41. The molecule has 0 bridgehead atoms. The zero-order valence-electron chi connectivity index (χ0n) is 12.8. The van der Waals surface area contributed by atoms with Crippen molar-refractivity contribution in [3.8, 4) is 0 Å². The lowest BCUT2D eigenvalue weighted by Crippen LogP contribution is -2.46. The van der Waals surface area contributed by atoms with E-state index in [1.165, 1.54) is 0 Å². The number of hydrogen-bond donors (Lipinski definition) is 2. The molecule has 0 aliphatic carbocycles. The van der Waals surface area contributed by atoms with Crippen molar-refractivity contribution in [1.82, 2.24) is 10.3 Å². The molecular weight excluding hydrogens is 264 g/mol. The number of benzene rings is 1. The maximum atomic E-state index is 12.6. The van der Waals surface area contributed by atoms with Crippen molar-refractivity contribution in [2.45, 2.75) is 39.2 Å². The molecule has 0 saturated heterocycles. The van der Waals surface area contributed by atoms with Gasteiger partial charge in [-0.2, -0.15) is 0 Å². The summed E-state index contributed by atoms with van der Waals surface area (Å²) in [6, 6.07) is 9.45. The highest BCUT2D eigenvalue weighted by molar-refractivity contribution is 6.06. The van der Waals surface area contributed by atoms with Gasteiger partial charge in [0.25, 0.3) is 5.91 Å². The van der Waals surface area contributed by atoms with E-state index >= 15 is 0 Å². The van der Waals surface area contributed by atoms with E-state index in [4.69, 9.17) is 0 Å². The van der Waals surface area contributed by atoms with Crippen molar-refractivity contribution < 1.29 is 9.90 Å². The minimum atomic E-state index is -0.399. The number of aliphatic hydroxyl groups excluding tert-OH is 1. The Hall–Kier alpha value is -1.94. The van der Waals surface area contributed by atoms with Crippen LogP contribution in [0.5, 0.6) is 0 Å². The van der Waals surface area contributed by atoms with E-state index in [0.29, 0.717) is 12.0 Å². The van der Waals surface area contributed by atoms with Crippen molar-refractivity contribution in [3.05, 3.63) is 41.6 Å². The highest BCUT2D eigenvalue weighted by atomic mass is 16.3. The number of nitrogens with one attached hydrogen (secondary N) is 1. The molecule has 112 valence electrons. The fourth-order valence-electron chi connectivity index (χ4n) is 2.41. The van der Waals surface area contributed by atoms with Gasteiger partial charge in [-0.15, -0.1) is 0 Å². The normalized spacial score (nSPS) is 13.9. The molecule has 0 aliphatic rings. The third-order valence-corrected chi connectivity index (χ3v) is 3.95. The first kappa shape index (κ1) is 15.4. The number of amides is 1. The minimum Gasteiger partial charge on any atom is -0.396 e. The fraction of sp³-hybridized carbons (Fsp3) is 0.412. The number of fused-ring (bicyclic) bond motifs is 1. The molecule has 1 heterocycles. The van der Waals surface area contributed by atoms with Crippen molar-refractivity contribution in [2.75, 3.05) is 6.61 Å². The van der Waals surface area contributed by atoms with Crippen molar-refractivity contribution in [3.63, 3.8) is 0 Å². The average molecular weight is 286 g/mol. The smallest absolute Gasteiger partial charge is 0.252 e. The van der Waals surface area contributed by atoms with E-state index in [0.717, 1.165) is 23.0 Å². The predicted octanol–water partition coefficient (Wildman–Crippen LogP) is 2.82. The predicted molar refractivity (Wildman–Crippen MR) is 84.3 cm³/mol. The van der Waals surface area contributed by atoms with Gasteiger partial charge in [0, 0.05) is 23.2 Å². The van der Waals surface area contributed by atoms with Crippen LogP contribution in [0.25, 0.3) is 10.9 Å². The van der Waals surface area contributed by atoms with Gasteiger partial charge < -0.3 is 10.4 Å². The summed E-state index contributed by atoms with van der Waals surface area (Å²) in [5.74, 6) is -0.116. The summed E-state index contributed by atoms with van der Waals surface area (Å²) < 4.78 is 0. The SMILES string of the molecule is CCC(C)(CCO)NC(=O)c1cc(C)nc2ccccc12. The molecule has 1 atom stereocenters. The highest BCUT2D eigenvalue weighted by Gasteiger charge is 2.25. The Morgan fingerprint density at radius 1 is 1.38 bits per heavy atom. The number of nitrogens with zero attached hydrogens (tertiary/aromatic N) is 1. The molecule has 4 heteroatoms. The number of aromatic nitrogens is 1. The molecule has 2 N–H and O–H groups in total. The van der Waals surface area contributed by atoms with Crippen LogP contribution in [0.15, 0.2) is 30.3 Å². The molecule has 2 rings (SSSR count). The largest absolute Gasteiger partial charge is 0.396 e. The second kappa shape index (κ2) is 6.22. The van der Waals surface area contributed by atoms with Crippen LogP contribution in [-0.4, -0.2) is 28.1 Å². The number of para-hydroxylation sites is 1. The molecule has 1 aromatic heterocycles. The van der Waals surface area contributed by atoms with Gasteiger partial charge in [0.15, 0.2) is 0 Å². The summed E-state index contributed by atoms with van der Waals surface area (Å²) in [6.07, 6.45) is 1.30. The lowest BCUT2D eigenvalue weighted by Gasteiger charge is -2.29. The van der Waals surface area contributed by atoms with Crippen LogP contribution in [0, 0.1) is 6.92 Å². The first-order valence-corrected chi connectivity index (χ1v) is 7.29. The molecule has 0 radical (unpaired) electrons. The summed E-state index contributed by atoms with van der Waals surface area (Å²) in [5, 5.41) is 13.1. The summed E-state index contributed by atoms with van der Waals surface area (Å²) in [5.41, 5.74) is 1.88. The van der Waals surface area contributed by atoms with E-state index in [1.807, 2.05) is 51.1 Å². The molecule has 0 fully saturated rings. The molecule has 0 saturated carbocycles. The molecule has 1 amide bonds. The van der Waals surface area contributed by atoms with Crippen LogP contribution in [0.1, 0.15) is 42.7 Å². The second-order valence-corrected chi connectivity index (χ2v) is 5.67. The van der Waals surface area contributed by atoms with Gasteiger partial charge in [-0.3, -0.25) is 9.78 Å². The van der Waals surface area contributed by atoms with E-state index in [9.17, 15) is 9.90 Å².